The van der Waals surface area contributed by atoms with Gasteiger partial charge in [-0.25, -0.2) is 0 Å². The van der Waals surface area contributed by atoms with Crippen molar-refractivity contribution in [1.29, 1.82) is 0 Å². The van der Waals surface area contributed by atoms with Crippen molar-refractivity contribution in [2.24, 2.45) is 0 Å². The predicted molar refractivity (Wildman–Crippen MR) is 85.6 cm³/mol. The van der Waals surface area contributed by atoms with Crippen LogP contribution in [0.2, 0.25) is 0 Å². The van der Waals surface area contributed by atoms with E-state index in [-0.39, 0.29) is 5.60 Å². The number of nitrogens with one attached hydrogen (secondary N) is 1. The molecule has 1 aromatic rings. The number of nitrogens with zero attached hydrogens (tertiary/aromatic N) is 3. The summed E-state index contributed by atoms with van der Waals surface area (Å²) in [6, 6.07) is 2.30. The van der Waals surface area contributed by atoms with Crippen LogP contribution in [0.25, 0.3) is 0 Å². The molecule has 1 spiro atoms. The summed E-state index contributed by atoms with van der Waals surface area (Å²) in [4.78, 5) is 2.58. The normalized spacial score (nSPS) is 30.2. The summed E-state index contributed by atoms with van der Waals surface area (Å²) in [5.74, 6) is 0. The van der Waals surface area contributed by atoms with Gasteiger partial charge < -0.3 is 10.1 Å². The molecule has 3 aliphatic heterocycles. The molecule has 0 unspecified atom stereocenters. The Labute approximate surface area is 133 Å². The highest BCUT2D eigenvalue weighted by atomic mass is 16.5. The quantitative estimate of drug-likeness (QED) is 0.906. The van der Waals surface area contributed by atoms with Gasteiger partial charge in [0.05, 0.1) is 17.0 Å². The van der Waals surface area contributed by atoms with Crippen molar-refractivity contribution in [3.8, 4) is 0 Å². The molecule has 0 amide bonds. The van der Waals surface area contributed by atoms with Crippen LogP contribution in [0, 0.1) is 0 Å². The number of ether oxygens (including phenoxy) is 1. The van der Waals surface area contributed by atoms with E-state index < -0.39 is 0 Å². The first kappa shape index (κ1) is 14.7. The molecule has 0 radical (unpaired) electrons. The van der Waals surface area contributed by atoms with Crippen LogP contribution in [0.15, 0.2) is 6.07 Å². The summed E-state index contributed by atoms with van der Waals surface area (Å²) in [5.41, 5.74) is 2.80. The van der Waals surface area contributed by atoms with Crippen LogP contribution in [0.5, 0.6) is 0 Å². The van der Waals surface area contributed by atoms with Gasteiger partial charge in [0.25, 0.3) is 0 Å². The van der Waals surface area contributed by atoms with Crippen molar-refractivity contribution in [3.05, 3.63) is 17.5 Å². The zero-order valence-corrected chi connectivity index (χ0v) is 13.5. The van der Waals surface area contributed by atoms with Crippen LogP contribution in [-0.2, 0) is 24.4 Å². The van der Waals surface area contributed by atoms with E-state index in [2.05, 4.69) is 21.0 Å². The largest absolute Gasteiger partial charge is 0.375 e. The summed E-state index contributed by atoms with van der Waals surface area (Å²) in [6.45, 7) is 7.43. The highest BCUT2D eigenvalue weighted by Gasteiger charge is 2.36. The fourth-order valence-corrected chi connectivity index (χ4v) is 4.26. The first-order valence-corrected chi connectivity index (χ1v) is 8.96. The van der Waals surface area contributed by atoms with Crippen LogP contribution < -0.4 is 5.32 Å². The molecule has 1 aromatic heterocycles. The van der Waals surface area contributed by atoms with Crippen molar-refractivity contribution in [1.82, 2.24) is 20.0 Å². The fourth-order valence-electron chi connectivity index (χ4n) is 4.26. The van der Waals surface area contributed by atoms with Gasteiger partial charge in [0.15, 0.2) is 0 Å². The number of rotatable bonds is 2. The topological polar surface area (TPSA) is 42.3 Å². The molecule has 0 bridgehead atoms. The maximum absolute atomic E-state index is 6.09. The number of hydrogen-bond acceptors (Lipinski definition) is 4. The molecule has 1 N–H and O–H groups in total. The summed E-state index contributed by atoms with van der Waals surface area (Å²) in [7, 11) is 0. The lowest BCUT2D eigenvalue weighted by Gasteiger charge is -2.26. The fraction of sp³-hybridized carbons (Fsp3) is 0.824. The second-order valence-corrected chi connectivity index (χ2v) is 7.15. The van der Waals surface area contributed by atoms with Crippen molar-refractivity contribution in [3.63, 3.8) is 0 Å². The Morgan fingerprint density at radius 2 is 2.09 bits per heavy atom. The second-order valence-electron chi connectivity index (χ2n) is 7.15. The van der Waals surface area contributed by atoms with Gasteiger partial charge in [-0.15, -0.1) is 0 Å². The summed E-state index contributed by atoms with van der Waals surface area (Å²) in [6.07, 6.45) is 7.40. The van der Waals surface area contributed by atoms with E-state index in [1.165, 1.54) is 56.5 Å². The Balaban J connectivity index is 1.39. The monoisotopic (exact) mass is 304 g/mol. The predicted octanol–water partition coefficient (Wildman–Crippen LogP) is 1.91. The minimum atomic E-state index is 0.212. The number of aryl methyl sites for hydroxylation is 1. The minimum absolute atomic E-state index is 0.212. The van der Waals surface area contributed by atoms with E-state index in [0.29, 0.717) is 0 Å². The molecule has 122 valence electrons. The molecule has 4 rings (SSSR count). The van der Waals surface area contributed by atoms with Crippen molar-refractivity contribution in [2.75, 3.05) is 26.2 Å². The van der Waals surface area contributed by atoms with E-state index in [1.54, 1.807) is 0 Å². The van der Waals surface area contributed by atoms with Gasteiger partial charge in [0.1, 0.15) is 0 Å². The van der Waals surface area contributed by atoms with Gasteiger partial charge in [0, 0.05) is 32.8 Å². The third kappa shape index (κ3) is 3.07. The van der Waals surface area contributed by atoms with Crippen LogP contribution in [0.1, 0.15) is 49.9 Å². The van der Waals surface area contributed by atoms with E-state index in [9.17, 15) is 0 Å². The van der Waals surface area contributed by atoms with Crippen LogP contribution >= 0.6 is 0 Å². The molecule has 5 nitrogen and oxygen atoms in total. The molecule has 4 heterocycles. The highest BCUT2D eigenvalue weighted by Crippen LogP contribution is 2.35. The maximum Gasteiger partial charge on any atom is 0.0768 e. The smallest absolute Gasteiger partial charge is 0.0768 e. The summed E-state index contributed by atoms with van der Waals surface area (Å²) >= 11 is 0. The third-order valence-corrected chi connectivity index (χ3v) is 5.50. The molecular formula is C17H28N4O. The molecule has 2 saturated heterocycles. The minimum Gasteiger partial charge on any atom is -0.375 e. The number of fused-ring (bicyclic) bond motifs is 1. The van der Waals surface area contributed by atoms with Gasteiger partial charge in [-0.05, 0) is 57.7 Å². The number of hydrogen-bond donors (Lipinski definition) is 1. The van der Waals surface area contributed by atoms with Crippen molar-refractivity contribution < 1.29 is 4.74 Å². The van der Waals surface area contributed by atoms with Crippen LogP contribution in [0.3, 0.4) is 0 Å². The van der Waals surface area contributed by atoms with E-state index in [1.807, 2.05) is 0 Å². The van der Waals surface area contributed by atoms with E-state index in [0.717, 1.165) is 39.3 Å². The molecule has 0 aliphatic carbocycles. The first-order valence-electron chi connectivity index (χ1n) is 8.96. The Hall–Kier alpha value is -0.910. The van der Waals surface area contributed by atoms with E-state index >= 15 is 0 Å². The van der Waals surface area contributed by atoms with Gasteiger partial charge in [0.2, 0.25) is 0 Å². The molecule has 1 atom stereocenters. The first-order chi connectivity index (χ1) is 10.8. The molecule has 5 heteroatoms. The average molecular weight is 304 g/mol. The number of likely N-dealkylation sites (tertiary alicyclic amines) is 1. The van der Waals surface area contributed by atoms with Crippen molar-refractivity contribution in [2.45, 2.75) is 63.8 Å². The Bertz CT molecular complexity index is 483. The number of aromatic nitrogens is 2. The standard InChI is InChI=1S/C17H28N4O/c1-4-17(5-2-11-22-17)6-10-20(8-1)14-15-12-16-13-18-7-3-9-21(16)19-15/h12,18H,1-11,13-14H2/t17-/m0/s1. The lowest BCUT2D eigenvalue weighted by Crippen LogP contribution is -2.30. The third-order valence-electron chi connectivity index (χ3n) is 5.50. The Morgan fingerprint density at radius 3 is 3.00 bits per heavy atom. The zero-order chi connectivity index (χ0) is 14.8. The summed E-state index contributed by atoms with van der Waals surface area (Å²) < 4.78 is 8.29. The van der Waals surface area contributed by atoms with Gasteiger partial charge >= 0.3 is 0 Å². The highest BCUT2D eigenvalue weighted by molar-refractivity contribution is 5.11. The second kappa shape index (κ2) is 6.30. The van der Waals surface area contributed by atoms with Crippen LogP contribution in [0.4, 0.5) is 0 Å². The SMILES string of the molecule is c1c(CN2CCC[C@]3(CCCO3)CC2)nn2c1CNCCC2. The van der Waals surface area contributed by atoms with Gasteiger partial charge in [-0.2, -0.15) is 5.10 Å². The van der Waals surface area contributed by atoms with Crippen LogP contribution in [-0.4, -0.2) is 46.5 Å². The van der Waals surface area contributed by atoms with E-state index in [4.69, 9.17) is 9.84 Å². The Morgan fingerprint density at radius 1 is 1.14 bits per heavy atom. The van der Waals surface area contributed by atoms with Gasteiger partial charge in [-0.3, -0.25) is 9.58 Å². The average Bonchev–Trinajstić information content (AvgIpc) is 3.00. The zero-order valence-electron chi connectivity index (χ0n) is 13.5. The lowest BCUT2D eigenvalue weighted by atomic mass is 9.92. The lowest BCUT2D eigenvalue weighted by molar-refractivity contribution is -0.00740. The molecular weight excluding hydrogens is 276 g/mol. The molecule has 0 aromatic carbocycles. The van der Waals surface area contributed by atoms with Crippen molar-refractivity contribution >= 4 is 0 Å². The molecule has 2 fully saturated rings. The maximum atomic E-state index is 6.09. The molecule has 22 heavy (non-hydrogen) atoms. The molecule has 0 saturated carbocycles. The Kier molecular flexibility index (Phi) is 4.20. The van der Waals surface area contributed by atoms with Gasteiger partial charge in [-0.1, -0.05) is 0 Å². The molecule has 3 aliphatic rings. The summed E-state index contributed by atoms with van der Waals surface area (Å²) in [5, 5.41) is 8.30.